The third kappa shape index (κ3) is 1.60. The Labute approximate surface area is 63.1 Å². The van der Waals surface area contributed by atoms with Crippen LogP contribution < -0.4 is 0 Å². The normalized spacial score (nSPS) is 9.67. The number of hydrogen-bond donors (Lipinski definition) is 1. The molecule has 1 aromatic rings. The first kappa shape index (κ1) is 6.90. The molecule has 0 nitrogen and oxygen atoms in total. The van der Waals surface area contributed by atoms with Crippen LogP contribution in [0.5, 0.6) is 0 Å². The Hall–Kier alpha value is -0.210. The van der Waals surface area contributed by atoms with Crippen LogP contribution in [0.15, 0.2) is 23.1 Å². The minimum Gasteiger partial charge on any atom is -0.206 e. The molecule has 48 valence electrons. The highest BCUT2D eigenvalue weighted by Gasteiger charge is 1.95. The van der Waals surface area contributed by atoms with Gasteiger partial charge in [-0.2, -0.15) is 0 Å². The maximum absolute atomic E-state index is 12.4. The third-order valence-corrected chi connectivity index (χ3v) is 1.49. The Morgan fingerprint density at radius 2 is 2.11 bits per heavy atom. The molecule has 0 spiro atoms. The van der Waals surface area contributed by atoms with Crippen molar-refractivity contribution in [1.29, 1.82) is 0 Å². The van der Waals surface area contributed by atoms with E-state index < -0.39 is 0 Å². The van der Waals surface area contributed by atoms with Gasteiger partial charge < -0.3 is 0 Å². The molecule has 0 bridgehead atoms. The van der Waals surface area contributed by atoms with Crippen LogP contribution in [0.4, 0.5) is 4.39 Å². The van der Waals surface area contributed by atoms with E-state index in [-0.39, 0.29) is 10.7 Å². The molecule has 0 aliphatic heterocycles. The van der Waals surface area contributed by atoms with Crippen molar-refractivity contribution in [2.75, 3.05) is 0 Å². The van der Waals surface area contributed by atoms with Gasteiger partial charge in [0.15, 0.2) is 0 Å². The van der Waals surface area contributed by atoms with Crippen molar-refractivity contribution in [2.24, 2.45) is 0 Å². The van der Waals surface area contributed by atoms with Gasteiger partial charge in [0.1, 0.15) is 5.82 Å². The minimum atomic E-state index is -0.345. The smallest absolute Gasteiger partial charge is 0.136 e. The molecular weight excluding hydrogens is 159 g/mol. The fraction of sp³-hybridized carbons (Fsp3) is 0. The zero-order valence-electron chi connectivity index (χ0n) is 4.44. The number of halogens is 2. The maximum atomic E-state index is 12.4. The highest BCUT2D eigenvalue weighted by molar-refractivity contribution is 7.80. The van der Waals surface area contributed by atoms with Gasteiger partial charge in [-0.1, -0.05) is 11.6 Å². The van der Waals surface area contributed by atoms with E-state index in [1.54, 1.807) is 0 Å². The van der Waals surface area contributed by atoms with E-state index >= 15 is 0 Å². The van der Waals surface area contributed by atoms with Crippen molar-refractivity contribution in [3.8, 4) is 0 Å². The second-order valence-corrected chi connectivity index (χ2v) is 2.51. The molecule has 0 saturated heterocycles. The lowest BCUT2D eigenvalue weighted by Crippen LogP contribution is -1.74. The first-order valence-corrected chi connectivity index (χ1v) is 3.16. The summed E-state index contributed by atoms with van der Waals surface area (Å²) in [5.41, 5.74) is 0. The van der Waals surface area contributed by atoms with E-state index in [0.717, 1.165) is 0 Å². The molecule has 0 aliphatic rings. The second-order valence-electron chi connectivity index (χ2n) is 1.60. The zero-order valence-corrected chi connectivity index (χ0v) is 6.09. The second kappa shape index (κ2) is 2.58. The van der Waals surface area contributed by atoms with E-state index in [2.05, 4.69) is 12.6 Å². The molecule has 0 amide bonds. The molecule has 0 aliphatic carbocycles. The minimum absolute atomic E-state index is 0.280. The summed E-state index contributed by atoms with van der Waals surface area (Å²) < 4.78 is 12.4. The van der Waals surface area contributed by atoms with Crippen LogP contribution in [0.1, 0.15) is 0 Å². The first-order chi connectivity index (χ1) is 4.20. The van der Waals surface area contributed by atoms with E-state index in [1.807, 2.05) is 0 Å². The topological polar surface area (TPSA) is 0 Å². The standard InChI is InChI=1S/C6H4ClFS/c7-4-1-2-5(8)6(9)3-4/h1-3,9H. The molecule has 3 heteroatoms. The molecule has 0 fully saturated rings. The van der Waals surface area contributed by atoms with Gasteiger partial charge >= 0.3 is 0 Å². The molecule has 9 heavy (non-hydrogen) atoms. The molecule has 1 rings (SSSR count). The molecule has 0 aromatic heterocycles. The van der Waals surface area contributed by atoms with Crippen LogP contribution in [0.3, 0.4) is 0 Å². The third-order valence-electron chi connectivity index (χ3n) is 0.908. The van der Waals surface area contributed by atoms with E-state index in [4.69, 9.17) is 11.6 Å². The summed E-state index contributed by atoms with van der Waals surface area (Å²) in [6.45, 7) is 0. The van der Waals surface area contributed by atoms with Gasteiger partial charge in [0.25, 0.3) is 0 Å². The monoisotopic (exact) mass is 162 g/mol. The average molecular weight is 163 g/mol. The van der Waals surface area contributed by atoms with Gasteiger partial charge in [-0.3, -0.25) is 0 Å². The Kier molecular flexibility index (Phi) is 1.98. The average Bonchev–Trinajstić information content (AvgIpc) is 1.80. The van der Waals surface area contributed by atoms with Crippen LogP contribution in [-0.2, 0) is 0 Å². The highest BCUT2D eigenvalue weighted by atomic mass is 35.5. The molecule has 0 heterocycles. The predicted octanol–water partition coefficient (Wildman–Crippen LogP) is 2.77. The Morgan fingerprint density at radius 1 is 1.44 bits per heavy atom. The zero-order chi connectivity index (χ0) is 6.85. The van der Waals surface area contributed by atoms with Crippen molar-refractivity contribution in [2.45, 2.75) is 4.90 Å². The van der Waals surface area contributed by atoms with E-state index in [1.165, 1.54) is 18.2 Å². The first-order valence-electron chi connectivity index (χ1n) is 2.34. The van der Waals surface area contributed by atoms with Gasteiger partial charge in [-0.15, -0.1) is 12.6 Å². The van der Waals surface area contributed by atoms with Crippen LogP contribution >= 0.6 is 24.2 Å². The fourth-order valence-electron chi connectivity index (χ4n) is 0.486. The van der Waals surface area contributed by atoms with Crippen molar-refractivity contribution >= 4 is 24.2 Å². The van der Waals surface area contributed by atoms with Gasteiger partial charge in [-0.25, -0.2) is 4.39 Å². The summed E-state index contributed by atoms with van der Waals surface area (Å²) in [7, 11) is 0. The number of rotatable bonds is 0. The van der Waals surface area contributed by atoms with Crippen molar-refractivity contribution in [3.05, 3.63) is 29.0 Å². The van der Waals surface area contributed by atoms with Gasteiger partial charge in [0.2, 0.25) is 0 Å². The predicted molar refractivity (Wildman–Crippen MR) is 38.7 cm³/mol. The molecule has 0 N–H and O–H groups in total. The highest BCUT2D eigenvalue weighted by Crippen LogP contribution is 2.17. The van der Waals surface area contributed by atoms with Crippen LogP contribution in [0, 0.1) is 5.82 Å². The van der Waals surface area contributed by atoms with Crippen LogP contribution in [0.25, 0.3) is 0 Å². The summed E-state index contributed by atoms with van der Waals surface area (Å²) >= 11 is 9.31. The quantitative estimate of drug-likeness (QED) is 0.558. The lowest BCUT2D eigenvalue weighted by atomic mass is 10.3. The lowest BCUT2D eigenvalue weighted by Gasteiger charge is -1.92. The number of thiol groups is 1. The van der Waals surface area contributed by atoms with Gasteiger partial charge in [-0.05, 0) is 18.2 Å². The molecule has 0 saturated carbocycles. The van der Waals surface area contributed by atoms with Gasteiger partial charge in [0.05, 0.1) is 0 Å². The van der Waals surface area contributed by atoms with Crippen LogP contribution in [0.2, 0.25) is 5.02 Å². The lowest BCUT2D eigenvalue weighted by molar-refractivity contribution is 0.602. The Bertz CT molecular complexity index is 224. The largest absolute Gasteiger partial charge is 0.206 e. The number of benzene rings is 1. The van der Waals surface area contributed by atoms with Crippen molar-refractivity contribution in [1.82, 2.24) is 0 Å². The van der Waals surface area contributed by atoms with E-state index in [0.29, 0.717) is 5.02 Å². The summed E-state index contributed by atoms with van der Waals surface area (Å²) in [5.74, 6) is -0.345. The van der Waals surface area contributed by atoms with E-state index in [9.17, 15) is 4.39 Å². The molecule has 0 radical (unpaired) electrons. The Morgan fingerprint density at radius 3 is 2.56 bits per heavy atom. The fourth-order valence-corrected chi connectivity index (χ4v) is 0.948. The molecule has 0 unspecified atom stereocenters. The summed E-state index contributed by atoms with van der Waals surface area (Å²) in [6.07, 6.45) is 0. The van der Waals surface area contributed by atoms with Crippen molar-refractivity contribution < 1.29 is 4.39 Å². The maximum Gasteiger partial charge on any atom is 0.136 e. The summed E-state index contributed by atoms with van der Waals surface area (Å²) in [6, 6.07) is 4.22. The number of hydrogen-bond acceptors (Lipinski definition) is 1. The molecule has 1 aromatic carbocycles. The summed E-state index contributed by atoms with van der Waals surface area (Å²) in [5, 5.41) is 0.501. The molecular formula is C6H4ClFS. The van der Waals surface area contributed by atoms with Gasteiger partial charge in [0, 0.05) is 9.92 Å². The van der Waals surface area contributed by atoms with Crippen LogP contribution in [-0.4, -0.2) is 0 Å². The van der Waals surface area contributed by atoms with Crippen molar-refractivity contribution in [3.63, 3.8) is 0 Å². The Balaban J connectivity index is 3.17. The SMILES string of the molecule is Fc1ccc(Cl)cc1S. The summed E-state index contributed by atoms with van der Waals surface area (Å²) in [4.78, 5) is 0.280. The molecule has 0 atom stereocenters.